The van der Waals surface area contributed by atoms with Crippen LogP contribution in [0.5, 0.6) is 0 Å². The van der Waals surface area contributed by atoms with Crippen molar-refractivity contribution in [3.63, 3.8) is 0 Å². The molecule has 0 atom stereocenters. The second-order valence-corrected chi connectivity index (χ2v) is 4.10. The molecule has 0 saturated heterocycles. The molecule has 0 spiro atoms. The molecule has 6 heteroatoms. The quantitative estimate of drug-likeness (QED) is 0.682. The Hall–Kier alpha value is -1.46. The molecule has 0 aromatic heterocycles. The fourth-order valence-electron chi connectivity index (χ4n) is 0.856. The van der Waals surface area contributed by atoms with Gasteiger partial charge in [-0.2, -0.15) is 0 Å². The molecule has 0 unspecified atom stereocenters. The van der Waals surface area contributed by atoms with Crippen molar-refractivity contribution in [2.24, 2.45) is 5.73 Å². The zero-order valence-electron chi connectivity index (χ0n) is 9.66. The van der Waals surface area contributed by atoms with E-state index in [1.54, 1.807) is 20.8 Å². The predicted octanol–water partition coefficient (Wildman–Crippen LogP) is 1.22. The van der Waals surface area contributed by atoms with Crippen LogP contribution in [0.3, 0.4) is 0 Å². The first kappa shape index (κ1) is 13.5. The minimum absolute atomic E-state index is 0.356. The Morgan fingerprint density at radius 2 is 1.93 bits per heavy atom. The van der Waals surface area contributed by atoms with Gasteiger partial charge in [0.1, 0.15) is 5.60 Å². The van der Waals surface area contributed by atoms with Crippen molar-refractivity contribution in [1.82, 2.24) is 10.4 Å². The van der Waals surface area contributed by atoms with Crippen LogP contribution in [0, 0.1) is 0 Å². The van der Waals surface area contributed by atoms with Crippen LogP contribution in [0.2, 0.25) is 0 Å². The number of ether oxygens (including phenoxy) is 1. The minimum atomic E-state index is -0.706. The van der Waals surface area contributed by atoms with Crippen LogP contribution in [-0.2, 0) is 4.74 Å². The van der Waals surface area contributed by atoms with E-state index in [-0.39, 0.29) is 0 Å². The van der Waals surface area contributed by atoms with Gasteiger partial charge in [-0.1, -0.05) is 6.92 Å². The number of carbonyl (C=O) groups excluding carboxylic acids is 2. The molecule has 0 fully saturated rings. The summed E-state index contributed by atoms with van der Waals surface area (Å²) in [6.07, 6.45) is 0.00778. The summed E-state index contributed by atoms with van der Waals surface area (Å²) >= 11 is 0. The summed E-state index contributed by atoms with van der Waals surface area (Å²) in [4.78, 5) is 22.1. The van der Waals surface area contributed by atoms with E-state index in [1.165, 1.54) is 0 Å². The fourth-order valence-corrected chi connectivity index (χ4v) is 0.856. The SMILES string of the molecule is CCCN(NC(=O)OC(C)(C)C)C(N)=O. The van der Waals surface area contributed by atoms with Gasteiger partial charge in [0.15, 0.2) is 0 Å². The molecule has 0 aromatic carbocycles. The Morgan fingerprint density at radius 3 is 2.27 bits per heavy atom. The number of nitrogens with zero attached hydrogens (tertiary/aromatic N) is 1. The van der Waals surface area contributed by atoms with Crippen molar-refractivity contribution in [2.45, 2.75) is 39.7 Å². The summed E-state index contributed by atoms with van der Waals surface area (Å²) in [6.45, 7) is 7.43. The van der Waals surface area contributed by atoms with Crippen LogP contribution in [0.15, 0.2) is 0 Å². The first-order valence-electron chi connectivity index (χ1n) is 4.83. The van der Waals surface area contributed by atoms with Gasteiger partial charge in [-0.05, 0) is 27.2 Å². The maximum atomic E-state index is 11.3. The van der Waals surface area contributed by atoms with Crippen molar-refractivity contribution in [2.75, 3.05) is 6.54 Å². The van der Waals surface area contributed by atoms with Gasteiger partial charge in [-0.25, -0.2) is 20.0 Å². The highest BCUT2D eigenvalue weighted by atomic mass is 16.6. The van der Waals surface area contributed by atoms with E-state index in [1.807, 2.05) is 6.92 Å². The standard InChI is InChI=1S/C9H19N3O3/c1-5-6-12(7(10)13)11-8(14)15-9(2,3)4/h5-6H2,1-4H3,(H2,10,13)(H,11,14). The van der Waals surface area contributed by atoms with E-state index in [0.29, 0.717) is 13.0 Å². The Kier molecular flexibility index (Phi) is 4.90. The summed E-state index contributed by atoms with van der Waals surface area (Å²) in [5, 5.41) is 1.02. The zero-order chi connectivity index (χ0) is 12.1. The maximum absolute atomic E-state index is 11.3. The molecule has 0 aromatic rings. The van der Waals surface area contributed by atoms with Crippen LogP contribution in [0.1, 0.15) is 34.1 Å². The Balaban J connectivity index is 4.18. The summed E-state index contributed by atoms with van der Waals surface area (Å²) in [5.74, 6) is 0. The third kappa shape index (κ3) is 6.59. The molecule has 3 amide bonds. The monoisotopic (exact) mass is 217 g/mol. The average Bonchev–Trinajstić information content (AvgIpc) is 1.99. The number of carbonyl (C=O) groups is 2. The van der Waals surface area contributed by atoms with Crippen LogP contribution < -0.4 is 11.2 Å². The van der Waals surface area contributed by atoms with Gasteiger partial charge in [0, 0.05) is 6.54 Å². The van der Waals surface area contributed by atoms with E-state index in [4.69, 9.17) is 10.5 Å². The molecule has 3 N–H and O–H groups in total. The van der Waals surface area contributed by atoms with Crippen molar-refractivity contribution in [3.8, 4) is 0 Å². The largest absolute Gasteiger partial charge is 0.443 e. The van der Waals surface area contributed by atoms with Crippen molar-refractivity contribution in [1.29, 1.82) is 0 Å². The van der Waals surface area contributed by atoms with Crippen LogP contribution in [0.4, 0.5) is 9.59 Å². The molecule has 88 valence electrons. The third-order valence-corrected chi connectivity index (χ3v) is 1.34. The van der Waals surface area contributed by atoms with Gasteiger partial charge in [0.25, 0.3) is 0 Å². The molecule has 0 aliphatic heterocycles. The van der Waals surface area contributed by atoms with E-state index < -0.39 is 17.7 Å². The molecule has 0 aliphatic rings. The van der Waals surface area contributed by atoms with Crippen molar-refractivity contribution in [3.05, 3.63) is 0 Å². The van der Waals surface area contributed by atoms with Crippen molar-refractivity contribution < 1.29 is 14.3 Å². The number of hydrogen-bond acceptors (Lipinski definition) is 3. The maximum Gasteiger partial charge on any atom is 0.426 e. The first-order chi connectivity index (χ1) is 6.76. The van der Waals surface area contributed by atoms with E-state index in [9.17, 15) is 9.59 Å². The van der Waals surface area contributed by atoms with Gasteiger partial charge < -0.3 is 10.5 Å². The number of primary amides is 1. The van der Waals surface area contributed by atoms with E-state index in [2.05, 4.69) is 5.43 Å². The lowest BCUT2D eigenvalue weighted by Gasteiger charge is -2.24. The highest BCUT2D eigenvalue weighted by Gasteiger charge is 2.19. The summed E-state index contributed by atoms with van der Waals surface area (Å²) in [6, 6.07) is -0.706. The minimum Gasteiger partial charge on any atom is -0.443 e. The van der Waals surface area contributed by atoms with E-state index in [0.717, 1.165) is 5.01 Å². The number of hydrogen-bond donors (Lipinski definition) is 2. The number of rotatable bonds is 2. The Morgan fingerprint density at radius 1 is 1.40 bits per heavy atom. The van der Waals surface area contributed by atoms with Crippen LogP contribution in [-0.4, -0.2) is 29.3 Å². The molecule has 0 bridgehead atoms. The number of hydrazine groups is 1. The topological polar surface area (TPSA) is 84.7 Å². The lowest BCUT2D eigenvalue weighted by Crippen LogP contribution is -2.50. The molecule has 0 rings (SSSR count). The second-order valence-electron chi connectivity index (χ2n) is 4.10. The summed E-state index contributed by atoms with van der Waals surface area (Å²) < 4.78 is 4.97. The molecular formula is C9H19N3O3. The number of nitrogens with two attached hydrogens (primary N) is 1. The van der Waals surface area contributed by atoms with Gasteiger partial charge in [-0.15, -0.1) is 0 Å². The van der Waals surface area contributed by atoms with Crippen molar-refractivity contribution >= 4 is 12.1 Å². The average molecular weight is 217 g/mol. The lowest BCUT2D eigenvalue weighted by molar-refractivity contribution is 0.0384. The first-order valence-corrected chi connectivity index (χ1v) is 4.83. The Bertz CT molecular complexity index is 235. The van der Waals surface area contributed by atoms with Gasteiger partial charge in [0.05, 0.1) is 0 Å². The molecule has 0 radical (unpaired) electrons. The summed E-state index contributed by atoms with van der Waals surface area (Å²) in [7, 11) is 0. The molecule has 0 aliphatic carbocycles. The third-order valence-electron chi connectivity index (χ3n) is 1.34. The highest BCUT2D eigenvalue weighted by molar-refractivity contribution is 5.76. The lowest BCUT2D eigenvalue weighted by atomic mass is 10.2. The molecular weight excluding hydrogens is 198 g/mol. The van der Waals surface area contributed by atoms with Crippen LogP contribution in [0.25, 0.3) is 0 Å². The smallest absolute Gasteiger partial charge is 0.426 e. The normalized spacial score (nSPS) is 10.7. The zero-order valence-corrected chi connectivity index (χ0v) is 9.66. The Labute approximate surface area is 89.7 Å². The highest BCUT2D eigenvalue weighted by Crippen LogP contribution is 2.06. The van der Waals surface area contributed by atoms with E-state index >= 15 is 0 Å². The predicted molar refractivity (Wildman–Crippen MR) is 56.0 cm³/mol. The van der Waals surface area contributed by atoms with Crippen LogP contribution >= 0.6 is 0 Å². The number of nitrogens with one attached hydrogen (secondary N) is 1. The molecule has 15 heavy (non-hydrogen) atoms. The second kappa shape index (κ2) is 5.43. The number of urea groups is 1. The summed E-state index contributed by atoms with van der Waals surface area (Å²) in [5.41, 5.74) is 6.73. The molecule has 0 saturated carbocycles. The molecule has 0 heterocycles. The van der Waals surface area contributed by atoms with Gasteiger partial charge >= 0.3 is 12.1 Å². The van der Waals surface area contributed by atoms with Gasteiger partial charge in [0.2, 0.25) is 0 Å². The van der Waals surface area contributed by atoms with Gasteiger partial charge in [-0.3, -0.25) is 0 Å². The number of amides is 3. The fraction of sp³-hybridized carbons (Fsp3) is 0.778. The molecule has 6 nitrogen and oxygen atoms in total.